The van der Waals surface area contributed by atoms with Gasteiger partial charge in [-0.25, -0.2) is 0 Å². The lowest BCUT2D eigenvalue weighted by atomic mass is 9.79. The van der Waals surface area contributed by atoms with Crippen molar-refractivity contribution in [1.82, 2.24) is 5.32 Å². The van der Waals surface area contributed by atoms with E-state index in [1.165, 1.54) is 44.3 Å². The molecule has 1 saturated heterocycles. The van der Waals surface area contributed by atoms with Crippen molar-refractivity contribution in [1.29, 1.82) is 0 Å². The van der Waals surface area contributed by atoms with Crippen LogP contribution in [0.25, 0.3) is 0 Å². The lowest BCUT2D eigenvalue weighted by molar-refractivity contribution is 0.352. The smallest absolute Gasteiger partial charge is 0.119 e. The van der Waals surface area contributed by atoms with E-state index in [1.54, 1.807) is 7.11 Å². The molecule has 2 nitrogen and oxygen atoms in total. The number of benzene rings is 1. The van der Waals surface area contributed by atoms with Crippen LogP contribution in [0.1, 0.15) is 37.2 Å². The summed E-state index contributed by atoms with van der Waals surface area (Å²) in [7, 11) is 1.76. The first-order chi connectivity index (χ1) is 8.88. The molecule has 1 heterocycles. The van der Waals surface area contributed by atoms with E-state index in [9.17, 15) is 0 Å². The molecule has 18 heavy (non-hydrogen) atoms. The standard InChI is InChI=1S/C16H23NO/c1-18-14-7-4-6-12(9-14)15-8-3-2-5-13-10-17-11-16(13)15/h4,6-7,9,13,15-17H,2-3,5,8,10-11H2,1H3/t13?,15-,16?/m1/s1. The van der Waals surface area contributed by atoms with E-state index in [0.29, 0.717) is 0 Å². The van der Waals surface area contributed by atoms with E-state index < -0.39 is 0 Å². The first kappa shape index (κ1) is 12.0. The number of ether oxygens (including phenoxy) is 1. The Morgan fingerprint density at radius 2 is 2.06 bits per heavy atom. The molecule has 0 radical (unpaired) electrons. The van der Waals surface area contributed by atoms with Gasteiger partial charge < -0.3 is 10.1 Å². The van der Waals surface area contributed by atoms with Crippen molar-refractivity contribution in [2.45, 2.75) is 31.6 Å². The lowest BCUT2D eigenvalue weighted by Gasteiger charge is -2.25. The number of hydrogen-bond acceptors (Lipinski definition) is 2. The summed E-state index contributed by atoms with van der Waals surface area (Å²) in [6.07, 6.45) is 5.55. The van der Waals surface area contributed by atoms with Crippen LogP contribution in [0.3, 0.4) is 0 Å². The van der Waals surface area contributed by atoms with Crippen molar-refractivity contribution >= 4 is 0 Å². The number of hydrogen-bond donors (Lipinski definition) is 1. The van der Waals surface area contributed by atoms with Crippen molar-refractivity contribution in [2.24, 2.45) is 11.8 Å². The SMILES string of the molecule is COc1cccc([C@H]2CCCCC3CNCC32)c1. The summed E-state index contributed by atoms with van der Waals surface area (Å²) in [6, 6.07) is 8.71. The van der Waals surface area contributed by atoms with Gasteiger partial charge in [-0.1, -0.05) is 25.0 Å². The number of fused-ring (bicyclic) bond motifs is 1. The Kier molecular flexibility index (Phi) is 3.55. The molecule has 1 aromatic rings. The molecule has 1 aliphatic carbocycles. The van der Waals surface area contributed by atoms with Gasteiger partial charge in [-0.3, -0.25) is 0 Å². The van der Waals surface area contributed by atoms with E-state index in [2.05, 4.69) is 23.5 Å². The predicted molar refractivity (Wildman–Crippen MR) is 74.1 cm³/mol. The highest BCUT2D eigenvalue weighted by Gasteiger charge is 2.35. The van der Waals surface area contributed by atoms with Crippen LogP contribution >= 0.6 is 0 Å². The molecule has 2 heteroatoms. The van der Waals surface area contributed by atoms with E-state index in [0.717, 1.165) is 23.5 Å². The van der Waals surface area contributed by atoms with Crippen LogP contribution in [-0.2, 0) is 0 Å². The molecular weight excluding hydrogens is 222 g/mol. The normalized spacial score (nSPS) is 31.7. The zero-order valence-electron chi connectivity index (χ0n) is 11.2. The Morgan fingerprint density at radius 3 is 2.94 bits per heavy atom. The number of nitrogens with one attached hydrogen (secondary N) is 1. The van der Waals surface area contributed by atoms with E-state index in [-0.39, 0.29) is 0 Å². The molecule has 2 unspecified atom stereocenters. The van der Waals surface area contributed by atoms with Gasteiger partial charge >= 0.3 is 0 Å². The average molecular weight is 245 g/mol. The molecule has 0 amide bonds. The van der Waals surface area contributed by atoms with Gasteiger partial charge in [0.15, 0.2) is 0 Å². The minimum Gasteiger partial charge on any atom is -0.497 e. The summed E-state index contributed by atoms with van der Waals surface area (Å²) in [4.78, 5) is 0. The van der Waals surface area contributed by atoms with Crippen LogP contribution in [0.2, 0.25) is 0 Å². The maximum atomic E-state index is 5.37. The van der Waals surface area contributed by atoms with E-state index in [4.69, 9.17) is 4.74 Å². The molecule has 2 aliphatic rings. The van der Waals surface area contributed by atoms with Crippen LogP contribution < -0.4 is 10.1 Å². The Morgan fingerprint density at radius 1 is 1.17 bits per heavy atom. The highest BCUT2D eigenvalue weighted by molar-refractivity contribution is 5.31. The van der Waals surface area contributed by atoms with Gasteiger partial charge in [-0.05, 0) is 61.4 Å². The van der Waals surface area contributed by atoms with E-state index >= 15 is 0 Å². The fraction of sp³-hybridized carbons (Fsp3) is 0.625. The fourth-order valence-corrected chi connectivity index (χ4v) is 3.81. The largest absolute Gasteiger partial charge is 0.497 e. The summed E-state index contributed by atoms with van der Waals surface area (Å²) in [5.41, 5.74) is 1.48. The molecule has 0 aromatic heterocycles. The predicted octanol–water partition coefficient (Wildman–Crippen LogP) is 3.19. The molecule has 3 rings (SSSR count). The third-order valence-electron chi connectivity index (χ3n) is 4.77. The molecule has 0 spiro atoms. The third kappa shape index (κ3) is 2.26. The quantitative estimate of drug-likeness (QED) is 0.864. The monoisotopic (exact) mass is 245 g/mol. The van der Waals surface area contributed by atoms with Gasteiger partial charge in [0, 0.05) is 0 Å². The summed E-state index contributed by atoms with van der Waals surface area (Å²) in [5, 5.41) is 3.59. The second-order valence-electron chi connectivity index (χ2n) is 5.75. The van der Waals surface area contributed by atoms with Gasteiger partial charge in [0.1, 0.15) is 5.75 Å². The zero-order valence-corrected chi connectivity index (χ0v) is 11.2. The van der Waals surface area contributed by atoms with Crippen LogP contribution in [0.5, 0.6) is 5.75 Å². The second-order valence-corrected chi connectivity index (χ2v) is 5.75. The Hall–Kier alpha value is -1.02. The first-order valence-corrected chi connectivity index (χ1v) is 7.23. The minimum absolute atomic E-state index is 0.725. The molecule has 1 saturated carbocycles. The maximum Gasteiger partial charge on any atom is 0.119 e. The first-order valence-electron chi connectivity index (χ1n) is 7.23. The lowest BCUT2D eigenvalue weighted by Crippen LogP contribution is -2.19. The van der Waals surface area contributed by atoms with Crippen LogP contribution in [-0.4, -0.2) is 20.2 Å². The highest BCUT2D eigenvalue weighted by atomic mass is 16.5. The molecular formula is C16H23NO. The third-order valence-corrected chi connectivity index (χ3v) is 4.77. The summed E-state index contributed by atoms with van der Waals surface area (Å²) in [5.74, 6) is 3.45. The van der Waals surface area contributed by atoms with Crippen molar-refractivity contribution < 1.29 is 4.74 Å². The molecule has 1 aliphatic heterocycles. The van der Waals surface area contributed by atoms with Gasteiger partial charge in [-0.2, -0.15) is 0 Å². The van der Waals surface area contributed by atoms with Crippen LogP contribution in [0, 0.1) is 11.8 Å². The van der Waals surface area contributed by atoms with Gasteiger partial charge in [0.25, 0.3) is 0 Å². The number of rotatable bonds is 2. The van der Waals surface area contributed by atoms with Crippen molar-refractivity contribution in [3.05, 3.63) is 29.8 Å². The van der Waals surface area contributed by atoms with Crippen molar-refractivity contribution in [3.63, 3.8) is 0 Å². The van der Waals surface area contributed by atoms with Crippen molar-refractivity contribution in [2.75, 3.05) is 20.2 Å². The maximum absolute atomic E-state index is 5.37. The van der Waals surface area contributed by atoms with Gasteiger partial charge in [0.05, 0.1) is 7.11 Å². The van der Waals surface area contributed by atoms with Crippen LogP contribution in [0.4, 0.5) is 0 Å². The van der Waals surface area contributed by atoms with Gasteiger partial charge in [-0.15, -0.1) is 0 Å². The average Bonchev–Trinajstić information content (AvgIpc) is 2.78. The summed E-state index contributed by atoms with van der Waals surface area (Å²) < 4.78 is 5.37. The molecule has 2 fully saturated rings. The fourth-order valence-electron chi connectivity index (χ4n) is 3.81. The Bertz CT molecular complexity index is 404. The molecule has 98 valence electrons. The highest BCUT2D eigenvalue weighted by Crippen LogP contribution is 2.42. The Labute approximate surface area is 110 Å². The topological polar surface area (TPSA) is 21.3 Å². The molecule has 0 bridgehead atoms. The molecule has 3 atom stereocenters. The zero-order chi connectivity index (χ0) is 12.4. The Balaban J connectivity index is 1.87. The molecule has 1 aromatic carbocycles. The van der Waals surface area contributed by atoms with E-state index in [1.807, 2.05) is 6.07 Å². The summed E-state index contributed by atoms with van der Waals surface area (Å²) >= 11 is 0. The van der Waals surface area contributed by atoms with Crippen LogP contribution in [0.15, 0.2) is 24.3 Å². The number of methoxy groups -OCH3 is 1. The summed E-state index contributed by atoms with van der Waals surface area (Å²) in [6.45, 7) is 2.43. The van der Waals surface area contributed by atoms with Crippen molar-refractivity contribution in [3.8, 4) is 5.75 Å². The second kappa shape index (κ2) is 5.31. The van der Waals surface area contributed by atoms with Gasteiger partial charge in [0.2, 0.25) is 0 Å². The minimum atomic E-state index is 0.725. The molecule has 1 N–H and O–H groups in total.